The summed E-state index contributed by atoms with van der Waals surface area (Å²) in [6.45, 7) is 1.83. The van der Waals surface area contributed by atoms with E-state index in [0.29, 0.717) is 17.9 Å². The van der Waals surface area contributed by atoms with Crippen LogP contribution in [-0.4, -0.2) is 48.8 Å². The Labute approximate surface area is 109 Å². The van der Waals surface area contributed by atoms with Crippen LogP contribution in [0.25, 0.3) is 0 Å². The van der Waals surface area contributed by atoms with Crippen LogP contribution in [0.1, 0.15) is 38.5 Å². The quantitative estimate of drug-likeness (QED) is 0.830. The molecule has 2 rings (SSSR count). The number of hydrogen-bond acceptors (Lipinski definition) is 3. The van der Waals surface area contributed by atoms with Crippen molar-refractivity contribution in [2.45, 2.75) is 44.6 Å². The van der Waals surface area contributed by atoms with Gasteiger partial charge in [0.1, 0.15) is 0 Å². The lowest BCUT2D eigenvalue weighted by Gasteiger charge is -2.35. The highest BCUT2D eigenvalue weighted by atomic mass is 16.5. The van der Waals surface area contributed by atoms with E-state index in [1.165, 1.54) is 0 Å². The molecular weight excluding hydrogens is 230 g/mol. The maximum absolute atomic E-state index is 12.4. The third-order valence-corrected chi connectivity index (χ3v) is 4.54. The summed E-state index contributed by atoms with van der Waals surface area (Å²) >= 11 is 0. The molecule has 1 heterocycles. The Morgan fingerprint density at radius 2 is 1.78 bits per heavy atom. The molecular formula is C14H25NO3. The van der Waals surface area contributed by atoms with Gasteiger partial charge in [-0.2, -0.15) is 0 Å². The summed E-state index contributed by atoms with van der Waals surface area (Å²) in [5.74, 6) is 0.904. The van der Waals surface area contributed by atoms with Crippen LogP contribution in [0.15, 0.2) is 0 Å². The lowest BCUT2D eigenvalue weighted by atomic mass is 9.81. The first-order valence-electron chi connectivity index (χ1n) is 7.17. The first kappa shape index (κ1) is 13.8. The summed E-state index contributed by atoms with van der Waals surface area (Å²) < 4.78 is 5.34. The van der Waals surface area contributed by atoms with E-state index in [9.17, 15) is 4.79 Å². The summed E-state index contributed by atoms with van der Waals surface area (Å²) in [6, 6.07) is 0.363. The zero-order valence-corrected chi connectivity index (χ0v) is 11.3. The van der Waals surface area contributed by atoms with Crippen molar-refractivity contribution in [3.8, 4) is 0 Å². The van der Waals surface area contributed by atoms with Crippen LogP contribution in [-0.2, 0) is 9.53 Å². The molecule has 0 unspecified atom stereocenters. The van der Waals surface area contributed by atoms with Crippen molar-refractivity contribution in [3.05, 3.63) is 0 Å². The second-order valence-corrected chi connectivity index (χ2v) is 5.69. The first-order chi connectivity index (χ1) is 8.72. The largest absolute Gasteiger partial charge is 0.396 e. The lowest BCUT2D eigenvalue weighted by Crippen LogP contribution is -2.44. The Morgan fingerprint density at radius 1 is 1.17 bits per heavy atom. The molecule has 2 aliphatic rings. The summed E-state index contributed by atoms with van der Waals surface area (Å²) in [5, 5.41) is 9.12. The van der Waals surface area contributed by atoms with Gasteiger partial charge < -0.3 is 14.7 Å². The summed E-state index contributed by atoms with van der Waals surface area (Å²) in [4.78, 5) is 14.4. The van der Waals surface area contributed by atoms with Gasteiger partial charge in [-0.3, -0.25) is 4.79 Å². The number of hydrogen-bond donors (Lipinski definition) is 1. The number of aliphatic hydroxyl groups is 1. The summed E-state index contributed by atoms with van der Waals surface area (Å²) in [7, 11) is 1.94. The number of aliphatic hydroxyl groups excluding tert-OH is 1. The fourth-order valence-electron chi connectivity index (χ4n) is 3.13. The third-order valence-electron chi connectivity index (χ3n) is 4.54. The lowest BCUT2D eigenvalue weighted by molar-refractivity contribution is -0.139. The van der Waals surface area contributed by atoms with Crippen molar-refractivity contribution < 1.29 is 14.6 Å². The molecule has 0 spiro atoms. The Hall–Kier alpha value is -0.610. The Kier molecular flexibility index (Phi) is 5.01. The maximum atomic E-state index is 12.4. The average Bonchev–Trinajstić information content (AvgIpc) is 2.47. The van der Waals surface area contributed by atoms with Crippen molar-refractivity contribution in [1.82, 2.24) is 4.90 Å². The predicted molar refractivity (Wildman–Crippen MR) is 69.1 cm³/mol. The van der Waals surface area contributed by atoms with Crippen molar-refractivity contribution in [1.29, 1.82) is 0 Å². The zero-order valence-electron chi connectivity index (χ0n) is 11.3. The third kappa shape index (κ3) is 3.23. The Balaban J connectivity index is 1.83. The average molecular weight is 255 g/mol. The van der Waals surface area contributed by atoms with E-state index in [4.69, 9.17) is 9.84 Å². The van der Waals surface area contributed by atoms with Gasteiger partial charge in [-0.05, 0) is 44.4 Å². The van der Waals surface area contributed by atoms with E-state index in [0.717, 1.165) is 51.7 Å². The molecule has 1 aliphatic carbocycles. The molecule has 1 aliphatic heterocycles. The fraction of sp³-hybridized carbons (Fsp3) is 0.929. The molecule has 0 aromatic rings. The normalized spacial score (nSPS) is 30.1. The van der Waals surface area contributed by atoms with E-state index < -0.39 is 0 Å². The van der Waals surface area contributed by atoms with Gasteiger partial charge in [0.2, 0.25) is 5.91 Å². The molecule has 0 aromatic carbocycles. The minimum Gasteiger partial charge on any atom is -0.396 e. The molecule has 0 bridgehead atoms. The monoisotopic (exact) mass is 255 g/mol. The van der Waals surface area contributed by atoms with Crippen LogP contribution in [0.3, 0.4) is 0 Å². The van der Waals surface area contributed by atoms with Crippen LogP contribution in [0.5, 0.6) is 0 Å². The minimum absolute atomic E-state index is 0.181. The van der Waals surface area contributed by atoms with Crippen LogP contribution in [0, 0.1) is 11.8 Å². The van der Waals surface area contributed by atoms with Crippen molar-refractivity contribution in [3.63, 3.8) is 0 Å². The van der Waals surface area contributed by atoms with Gasteiger partial charge in [0.25, 0.3) is 0 Å². The van der Waals surface area contributed by atoms with Crippen LogP contribution in [0.2, 0.25) is 0 Å². The van der Waals surface area contributed by atoms with E-state index in [2.05, 4.69) is 0 Å². The molecule has 1 saturated carbocycles. The van der Waals surface area contributed by atoms with Gasteiger partial charge in [0.05, 0.1) is 0 Å². The van der Waals surface area contributed by atoms with Gasteiger partial charge in [-0.1, -0.05) is 0 Å². The van der Waals surface area contributed by atoms with Crippen molar-refractivity contribution in [2.75, 3.05) is 26.9 Å². The highest BCUT2D eigenvalue weighted by molar-refractivity contribution is 5.79. The van der Waals surface area contributed by atoms with E-state index in [1.807, 2.05) is 11.9 Å². The Morgan fingerprint density at radius 3 is 2.33 bits per heavy atom. The predicted octanol–water partition coefficient (Wildman–Crippen LogP) is 1.42. The maximum Gasteiger partial charge on any atom is 0.225 e. The number of nitrogens with zero attached hydrogens (tertiary/aromatic N) is 1. The minimum atomic E-state index is 0.181. The van der Waals surface area contributed by atoms with Gasteiger partial charge in [-0.25, -0.2) is 0 Å². The van der Waals surface area contributed by atoms with Gasteiger partial charge in [0, 0.05) is 38.8 Å². The molecule has 18 heavy (non-hydrogen) atoms. The van der Waals surface area contributed by atoms with Gasteiger partial charge in [0.15, 0.2) is 0 Å². The summed E-state index contributed by atoms with van der Waals surface area (Å²) in [5.41, 5.74) is 0. The number of rotatable bonds is 3. The fourth-order valence-corrected chi connectivity index (χ4v) is 3.13. The van der Waals surface area contributed by atoms with Gasteiger partial charge >= 0.3 is 0 Å². The highest BCUT2D eigenvalue weighted by Crippen LogP contribution is 2.30. The molecule has 1 amide bonds. The van der Waals surface area contributed by atoms with Crippen LogP contribution in [0.4, 0.5) is 0 Å². The molecule has 104 valence electrons. The summed E-state index contributed by atoms with van der Waals surface area (Å²) in [6.07, 6.45) is 5.81. The molecule has 0 aromatic heterocycles. The molecule has 1 saturated heterocycles. The number of ether oxygens (including phenoxy) is 1. The molecule has 0 radical (unpaired) electrons. The molecule has 2 fully saturated rings. The molecule has 4 nitrogen and oxygen atoms in total. The zero-order chi connectivity index (χ0) is 13.0. The van der Waals surface area contributed by atoms with Crippen molar-refractivity contribution >= 4 is 5.91 Å². The SMILES string of the molecule is CN(C(=O)C1CCC(CO)CC1)C1CCOCC1. The van der Waals surface area contributed by atoms with E-state index >= 15 is 0 Å². The van der Waals surface area contributed by atoms with Crippen LogP contribution < -0.4 is 0 Å². The number of carbonyl (C=O) groups excluding carboxylic acids is 1. The molecule has 0 atom stereocenters. The van der Waals surface area contributed by atoms with Crippen molar-refractivity contribution in [2.24, 2.45) is 11.8 Å². The van der Waals surface area contributed by atoms with E-state index in [1.54, 1.807) is 0 Å². The number of carbonyl (C=O) groups is 1. The molecule has 1 N–H and O–H groups in total. The second kappa shape index (κ2) is 6.53. The van der Waals surface area contributed by atoms with Gasteiger partial charge in [-0.15, -0.1) is 0 Å². The molecule has 4 heteroatoms. The Bertz CT molecular complexity index is 268. The first-order valence-corrected chi connectivity index (χ1v) is 7.17. The highest BCUT2D eigenvalue weighted by Gasteiger charge is 2.31. The smallest absolute Gasteiger partial charge is 0.225 e. The topological polar surface area (TPSA) is 49.8 Å². The van der Waals surface area contributed by atoms with Crippen LogP contribution >= 0.6 is 0 Å². The van der Waals surface area contributed by atoms with E-state index in [-0.39, 0.29) is 12.5 Å². The number of amides is 1. The standard InChI is InChI=1S/C14H25NO3/c1-15(13-6-8-18-9-7-13)14(17)12-4-2-11(10-16)3-5-12/h11-13,16H,2-10H2,1H3. The second-order valence-electron chi connectivity index (χ2n) is 5.69.